The van der Waals surface area contributed by atoms with E-state index in [0.717, 1.165) is 0 Å². The Morgan fingerprint density at radius 3 is 1.09 bits per heavy atom. The van der Waals surface area contributed by atoms with Crippen LogP contribution in [0.25, 0.3) is 0 Å². The van der Waals surface area contributed by atoms with Crippen LogP contribution in [0.15, 0.2) is 11.6 Å². The lowest BCUT2D eigenvalue weighted by atomic mass is 10.0. The summed E-state index contributed by atoms with van der Waals surface area (Å²) in [5, 5.41) is 0. The van der Waals surface area contributed by atoms with Crippen LogP contribution in [0.1, 0.15) is 136 Å². The van der Waals surface area contributed by atoms with Gasteiger partial charge in [0, 0.05) is 0 Å². The largest absolute Gasteiger partial charge is 0.0859 e. The average Bonchev–Trinajstić information content (AvgIpc) is 2.53. The number of hydrogen-bond acceptors (Lipinski definition) is 0. The molecule has 23 heavy (non-hydrogen) atoms. The lowest BCUT2D eigenvalue weighted by Gasteiger charge is -2.03. The first-order chi connectivity index (χ1) is 11.3. The van der Waals surface area contributed by atoms with Gasteiger partial charge in [0.1, 0.15) is 0 Å². The van der Waals surface area contributed by atoms with Gasteiger partial charge in [-0.05, 0) is 26.7 Å². The van der Waals surface area contributed by atoms with E-state index in [1.54, 1.807) is 0 Å². The molecule has 0 saturated heterocycles. The van der Waals surface area contributed by atoms with E-state index in [4.69, 9.17) is 0 Å². The van der Waals surface area contributed by atoms with Gasteiger partial charge in [-0.25, -0.2) is 0 Å². The Labute approximate surface area is 148 Å². The van der Waals surface area contributed by atoms with Gasteiger partial charge in [-0.3, -0.25) is 0 Å². The van der Waals surface area contributed by atoms with Crippen LogP contribution in [0.5, 0.6) is 0 Å². The molecule has 0 aromatic carbocycles. The van der Waals surface area contributed by atoms with Gasteiger partial charge in [0.2, 0.25) is 0 Å². The normalized spacial score (nSPS) is 10.9. The van der Waals surface area contributed by atoms with E-state index in [-0.39, 0.29) is 0 Å². The van der Waals surface area contributed by atoms with Gasteiger partial charge in [0.05, 0.1) is 0 Å². The Bertz CT molecular complexity index is 234. The topological polar surface area (TPSA) is 0 Å². The van der Waals surface area contributed by atoms with E-state index >= 15 is 0 Å². The maximum absolute atomic E-state index is 2.38. The van der Waals surface area contributed by atoms with Crippen molar-refractivity contribution in [2.45, 2.75) is 136 Å². The minimum atomic E-state index is 1.29. The first kappa shape index (κ1) is 22.7. The third kappa shape index (κ3) is 21.7. The SMILES string of the molecule is CCCCCCCCCCCCCCCCCCCC=C(C)C. The molecule has 0 aliphatic heterocycles. The number of rotatable bonds is 18. The van der Waals surface area contributed by atoms with Crippen molar-refractivity contribution in [2.75, 3.05) is 0 Å². The van der Waals surface area contributed by atoms with Crippen LogP contribution in [-0.4, -0.2) is 0 Å². The van der Waals surface area contributed by atoms with E-state index in [0.29, 0.717) is 0 Å². The molecule has 0 bridgehead atoms. The molecule has 0 fully saturated rings. The molecule has 138 valence electrons. The van der Waals surface area contributed by atoms with Crippen molar-refractivity contribution in [3.05, 3.63) is 11.6 Å². The Kier molecular flexibility index (Phi) is 19.6. The Morgan fingerprint density at radius 1 is 0.478 bits per heavy atom. The molecule has 0 atom stereocenters. The highest BCUT2D eigenvalue weighted by Gasteiger charge is 1.94. The van der Waals surface area contributed by atoms with Crippen molar-refractivity contribution in [3.8, 4) is 0 Å². The highest BCUT2D eigenvalue weighted by molar-refractivity contribution is 4.92. The summed E-state index contributed by atoms with van der Waals surface area (Å²) in [5.41, 5.74) is 1.47. The van der Waals surface area contributed by atoms with Crippen molar-refractivity contribution in [2.24, 2.45) is 0 Å². The summed E-state index contributed by atoms with van der Waals surface area (Å²) in [5.74, 6) is 0. The third-order valence-electron chi connectivity index (χ3n) is 4.86. The average molecular weight is 323 g/mol. The van der Waals surface area contributed by atoms with Crippen molar-refractivity contribution in [1.29, 1.82) is 0 Å². The van der Waals surface area contributed by atoms with Crippen LogP contribution in [-0.2, 0) is 0 Å². The molecule has 0 nitrogen and oxygen atoms in total. The molecule has 0 radical (unpaired) electrons. The lowest BCUT2D eigenvalue weighted by Crippen LogP contribution is -1.83. The van der Waals surface area contributed by atoms with Crippen molar-refractivity contribution >= 4 is 0 Å². The van der Waals surface area contributed by atoms with Gasteiger partial charge in [-0.15, -0.1) is 0 Å². The molecule has 0 unspecified atom stereocenters. The van der Waals surface area contributed by atoms with Crippen LogP contribution in [0.3, 0.4) is 0 Å². The van der Waals surface area contributed by atoms with Gasteiger partial charge in [-0.1, -0.05) is 121 Å². The van der Waals surface area contributed by atoms with Crippen LogP contribution in [0.4, 0.5) is 0 Å². The predicted octanol–water partition coefficient (Wildman–Crippen LogP) is 8.99. The molecular formula is C23H46. The second-order valence-corrected chi connectivity index (χ2v) is 7.73. The summed E-state index contributed by atoms with van der Waals surface area (Å²) in [7, 11) is 0. The fourth-order valence-corrected chi connectivity index (χ4v) is 3.26. The Hall–Kier alpha value is -0.260. The van der Waals surface area contributed by atoms with Crippen LogP contribution in [0.2, 0.25) is 0 Å². The van der Waals surface area contributed by atoms with E-state index in [1.807, 2.05) is 0 Å². The van der Waals surface area contributed by atoms with E-state index in [1.165, 1.54) is 121 Å². The molecule has 0 rings (SSSR count). The zero-order valence-electron chi connectivity index (χ0n) is 16.8. The quantitative estimate of drug-likeness (QED) is 0.174. The first-order valence-corrected chi connectivity index (χ1v) is 10.9. The second-order valence-electron chi connectivity index (χ2n) is 7.73. The van der Waals surface area contributed by atoms with Gasteiger partial charge in [0.15, 0.2) is 0 Å². The molecule has 0 aliphatic carbocycles. The maximum atomic E-state index is 2.38. The molecule has 0 aliphatic rings. The molecule has 0 heteroatoms. The van der Waals surface area contributed by atoms with Crippen molar-refractivity contribution in [3.63, 3.8) is 0 Å². The molecule has 0 aromatic rings. The Balaban J connectivity index is 2.99. The number of allylic oxidation sites excluding steroid dienone is 2. The summed E-state index contributed by atoms with van der Waals surface area (Å²) >= 11 is 0. The number of unbranched alkanes of at least 4 members (excludes halogenated alkanes) is 17. The van der Waals surface area contributed by atoms with Gasteiger partial charge in [0.25, 0.3) is 0 Å². The van der Waals surface area contributed by atoms with Crippen LogP contribution >= 0.6 is 0 Å². The summed E-state index contributed by atoms with van der Waals surface area (Å²) in [6, 6.07) is 0. The fourth-order valence-electron chi connectivity index (χ4n) is 3.26. The van der Waals surface area contributed by atoms with E-state index < -0.39 is 0 Å². The number of hydrogen-bond donors (Lipinski definition) is 0. The van der Waals surface area contributed by atoms with Crippen molar-refractivity contribution in [1.82, 2.24) is 0 Å². The Morgan fingerprint density at radius 2 is 0.783 bits per heavy atom. The van der Waals surface area contributed by atoms with E-state index in [9.17, 15) is 0 Å². The fraction of sp³-hybridized carbons (Fsp3) is 0.913. The van der Waals surface area contributed by atoms with Crippen molar-refractivity contribution < 1.29 is 0 Å². The third-order valence-corrected chi connectivity index (χ3v) is 4.86. The van der Waals surface area contributed by atoms with Crippen LogP contribution < -0.4 is 0 Å². The molecule has 0 heterocycles. The second kappa shape index (κ2) is 19.8. The lowest BCUT2D eigenvalue weighted by molar-refractivity contribution is 0.527. The molecule has 0 saturated carbocycles. The minimum absolute atomic E-state index is 1.29. The minimum Gasteiger partial charge on any atom is -0.0859 e. The van der Waals surface area contributed by atoms with Crippen LogP contribution in [0, 0.1) is 0 Å². The molecule has 0 aromatic heterocycles. The highest BCUT2D eigenvalue weighted by atomic mass is 14.0. The summed E-state index contributed by atoms with van der Waals surface area (Å²) in [6.45, 7) is 6.70. The molecule has 0 N–H and O–H groups in total. The summed E-state index contributed by atoms with van der Waals surface area (Å²) in [4.78, 5) is 0. The predicted molar refractivity (Wildman–Crippen MR) is 108 cm³/mol. The summed E-state index contributed by atoms with van der Waals surface area (Å²) < 4.78 is 0. The standard InChI is InChI=1S/C23H46/c1-4-5-6-7-8-9-10-11-12-13-14-15-16-17-18-19-20-21-22-23(2)3/h22H,4-21H2,1-3H3. The molecular weight excluding hydrogens is 276 g/mol. The zero-order valence-corrected chi connectivity index (χ0v) is 16.8. The highest BCUT2D eigenvalue weighted by Crippen LogP contribution is 2.14. The first-order valence-electron chi connectivity index (χ1n) is 10.9. The van der Waals surface area contributed by atoms with Gasteiger partial charge < -0.3 is 0 Å². The smallest absolute Gasteiger partial charge is 0.0348 e. The summed E-state index contributed by atoms with van der Waals surface area (Å²) in [6.07, 6.45) is 28.5. The monoisotopic (exact) mass is 322 g/mol. The van der Waals surface area contributed by atoms with Gasteiger partial charge >= 0.3 is 0 Å². The maximum Gasteiger partial charge on any atom is -0.0348 e. The molecule has 0 amide bonds. The van der Waals surface area contributed by atoms with Gasteiger partial charge in [-0.2, -0.15) is 0 Å². The van der Waals surface area contributed by atoms with E-state index in [2.05, 4.69) is 26.8 Å². The zero-order chi connectivity index (χ0) is 17.0. The molecule has 0 spiro atoms.